The monoisotopic (exact) mass is 335 g/mol. The molecule has 5 nitrogen and oxygen atoms in total. The zero-order chi connectivity index (χ0) is 11.7. The van der Waals surface area contributed by atoms with Crippen LogP contribution in [-0.4, -0.2) is 20.0 Å². The maximum absolute atomic E-state index is 11.7. The number of H-pyrrole nitrogens is 1. The molecule has 0 aliphatic carbocycles. The summed E-state index contributed by atoms with van der Waals surface area (Å²) in [7, 11) is 0. The lowest BCUT2D eigenvalue weighted by Crippen LogP contribution is -2.19. The van der Waals surface area contributed by atoms with E-state index in [0.717, 1.165) is 12.8 Å². The molecule has 0 bridgehead atoms. The van der Waals surface area contributed by atoms with Crippen LogP contribution in [0.4, 0.5) is 5.95 Å². The van der Waals surface area contributed by atoms with Gasteiger partial charge in [0.05, 0.1) is 17.8 Å². The molecule has 1 aliphatic rings. The molecule has 0 radical (unpaired) electrons. The predicted molar refractivity (Wildman–Crippen MR) is 69.6 cm³/mol. The van der Waals surface area contributed by atoms with Crippen LogP contribution in [0.2, 0.25) is 0 Å². The summed E-state index contributed by atoms with van der Waals surface area (Å²) < 4.78 is 6.27. The lowest BCUT2D eigenvalue weighted by molar-refractivity contribution is 0.0438. The van der Waals surface area contributed by atoms with Crippen LogP contribution in [-0.2, 0) is 4.74 Å². The molecular weight excluding hydrogens is 321 g/mol. The van der Waals surface area contributed by atoms with Crippen LogP contribution >= 0.6 is 22.6 Å². The maximum Gasteiger partial charge on any atom is 0.258 e. The average Bonchev–Trinajstić information content (AvgIpc) is 2.59. The second kappa shape index (κ2) is 4.70. The Kier molecular flexibility index (Phi) is 3.48. The van der Waals surface area contributed by atoms with E-state index >= 15 is 0 Å². The van der Waals surface area contributed by atoms with Gasteiger partial charge in [0.2, 0.25) is 0 Å². The molecule has 2 rings (SSSR count). The van der Waals surface area contributed by atoms with Crippen molar-refractivity contribution in [1.82, 2.24) is 9.97 Å². The van der Waals surface area contributed by atoms with Crippen molar-refractivity contribution in [2.45, 2.75) is 35.9 Å². The fraction of sp³-hybridized carbons (Fsp3) is 0.600. The highest BCUT2D eigenvalue weighted by Gasteiger charge is 2.34. The van der Waals surface area contributed by atoms with Gasteiger partial charge in [-0.05, 0) is 12.8 Å². The first-order valence-corrected chi connectivity index (χ1v) is 6.50. The quantitative estimate of drug-likeness (QED) is 0.632. The summed E-state index contributed by atoms with van der Waals surface area (Å²) in [5, 5.41) is 0. The lowest BCUT2D eigenvalue weighted by Gasteiger charge is -2.11. The molecule has 0 saturated carbocycles. The molecule has 0 spiro atoms. The van der Waals surface area contributed by atoms with E-state index in [1.54, 1.807) is 0 Å². The number of halogens is 1. The third-order valence-corrected chi connectivity index (χ3v) is 4.09. The molecule has 0 amide bonds. The third kappa shape index (κ3) is 2.22. The van der Waals surface area contributed by atoms with Crippen LogP contribution in [0.25, 0.3) is 0 Å². The number of nitrogens with two attached hydrogens (primary N) is 1. The van der Waals surface area contributed by atoms with Crippen molar-refractivity contribution in [3.63, 3.8) is 0 Å². The molecular formula is C10H14IN3O2. The number of nitrogens with zero attached hydrogens (tertiary/aromatic N) is 1. The minimum Gasteiger partial charge on any atom is -0.369 e. The van der Waals surface area contributed by atoms with Crippen molar-refractivity contribution >= 4 is 28.5 Å². The molecule has 1 saturated heterocycles. The molecule has 1 aromatic rings. The van der Waals surface area contributed by atoms with Gasteiger partial charge in [0.15, 0.2) is 5.95 Å². The molecule has 2 heterocycles. The Hall–Kier alpha value is -0.630. The number of hydrogen-bond acceptors (Lipinski definition) is 4. The van der Waals surface area contributed by atoms with Gasteiger partial charge in [-0.15, -0.1) is 0 Å². The van der Waals surface area contributed by atoms with Crippen LogP contribution in [0.15, 0.2) is 11.0 Å². The summed E-state index contributed by atoms with van der Waals surface area (Å²) in [5.41, 5.74) is 5.78. The van der Waals surface area contributed by atoms with Crippen molar-refractivity contribution < 1.29 is 4.74 Å². The van der Waals surface area contributed by atoms with Gasteiger partial charge >= 0.3 is 0 Å². The average molecular weight is 335 g/mol. The van der Waals surface area contributed by atoms with Crippen LogP contribution in [0.1, 0.15) is 31.4 Å². The molecule has 3 N–H and O–H groups in total. The highest BCUT2D eigenvalue weighted by atomic mass is 127. The summed E-state index contributed by atoms with van der Waals surface area (Å²) in [6.07, 6.45) is 3.41. The molecule has 1 fully saturated rings. The summed E-state index contributed by atoms with van der Waals surface area (Å²) in [5.74, 6) is 0.143. The number of alkyl halides is 1. The molecule has 88 valence electrons. The van der Waals surface area contributed by atoms with Gasteiger partial charge in [0, 0.05) is 10.1 Å². The molecule has 1 aliphatic heterocycles. The minimum absolute atomic E-state index is 0.143. The second-order valence-corrected chi connectivity index (χ2v) is 5.48. The first kappa shape index (κ1) is 11.8. The van der Waals surface area contributed by atoms with Crippen LogP contribution < -0.4 is 11.3 Å². The Balaban J connectivity index is 2.23. The highest BCUT2D eigenvalue weighted by molar-refractivity contribution is 14.1. The van der Waals surface area contributed by atoms with Gasteiger partial charge < -0.3 is 10.5 Å². The number of aromatic nitrogens is 2. The molecule has 1 aromatic heterocycles. The zero-order valence-electron chi connectivity index (χ0n) is 8.94. The third-order valence-electron chi connectivity index (χ3n) is 2.78. The minimum atomic E-state index is -0.196. The summed E-state index contributed by atoms with van der Waals surface area (Å²) in [6.45, 7) is 2.09. The van der Waals surface area contributed by atoms with Crippen molar-refractivity contribution in [2.75, 3.05) is 5.73 Å². The number of aromatic amines is 1. The highest BCUT2D eigenvalue weighted by Crippen LogP contribution is 2.36. The normalized spacial score (nSPS) is 29.5. The molecule has 3 atom stereocenters. The van der Waals surface area contributed by atoms with E-state index in [9.17, 15) is 4.79 Å². The van der Waals surface area contributed by atoms with Crippen molar-refractivity contribution in [3.8, 4) is 0 Å². The number of ether oxygens (including phenoxy) is 1. The molecule has 16 heavy (non-hydrogen) atoms. The van der Waals surface area contributed by atoms with Crippen LogP contribution in [0, 0.1) is 0 Å². The molecule has 1 unspecified atom stereocenters. The van der Waals surface area contributed by atoms with Crippen molar-refractivity contribution in [2.24, 2.45) is 0 Å². The first-order valence-electron chi connectivity index (χ1n) is 5.26. The van der Waals surface area contributed by atoms with E-state index in [4.69, 9.17) is 10.5 Å². The molecule has 0 aromatic carbocycles. The second-order valence-electron chi connectivity index (χ2n) is 3.88. The van der Waals surface area contributed by atoms with E-state index in [1.807, 2.05) is 0 Å². The Morgan fingerprint density at radius 2 is 2.50 bits per heavy atom. The van der Waals surface area contributed by atoms with E-state index in [0.29, 0.717) is 9.49 Å². The fourth-order valence-electron chi connectivity index (χ4n) is 1.91. The number of nitrogen functional groups attached to an aromatic ring is 1. The Morgan fingerprint density at radius 1 is 1.75 bits per heavy atom. The predicted octanol–water partition coefficient (Wildman–Crippen LogP) is 1.40. The summed E-state index contributed by atoms with van der Waals surface area (Å²) >= 11 is 2.37. The lowest BCUT2D eigenvalue weighted by atomic mass is 10.1. The van der Waals surface area contributed by atoms with Gasteiger partial charge in [-0.1, -0.05) is 29.5 Å². The van der Waals surface area contributed by atoms with Crippen molar-refractivity contribution in [1.29, 1.82) is 0 Å². The summed E-state index contributed by atoms with van der Waals surface area (Å²) in [6, 6.07) is 0. The van der Waals surface area contributed by atoms with Gasteiger partial charge in [-0.25, -0.2) is 4.98 Å². The van der Waals surface area contributed by atoms with E-state index < -0.39 is 0 Å². The van der Waals surface area contributed by atoms with E-state index in [2.05, 4.69) is 39.5 Å². The summed E-state index contributed by atoms with van der Waals surface area (Å²) in [4.78, 5) is 18.1. The number of anilines is 1. The Bertz CT molecular complexity index is 434. The number of hydrogen-bond donors (Lipinski definition) is 2. The standard InChI is InChI=1S/C10H14IN3O2/c1-2-7-6(11)3-8(16-7)5-4-13-10(12)14-9(5)15/h4,6-8H,2-3H2,1H3,(H3,12,13,14,15)/t6?,7-,8-/m1/s1. The van der Waals surface area contributed by atoms with E-state index in [1.165, 1.54) is 6.20 Å². The zero-order valence-corrected chi connectivity index (χ0v) is 11.1. The van der Waals surface area contributed by atoms with Gasteiger partial charge in [-0.2, -0.15) is 0 Å². The van der Waals surface area contributed by atoms with Crippen molar-refractivity contribution in [3.05, 3.63) is 22.1 Å². The smallest absolute Gasteiger partial charge is 0.258 e. The number of nitrogens with one attached hydrogen (secondary N) is 1. The number of rotatable bonds is 2. The van der Waals surface area contributed by atoms with E-state index in [-0.39, 0.29) is 23.7 Å². The van der Waals surface area contributed by atoms with Gasteiger partial charge in [-0.3, -0.25) is 9.78 Å². The SMILES string of the molecule is CC[C@H]1O[C@@H](c2cnc(N)[nH]c2=O)CC1I. The first-order chi connectivity index (χ1) is 7.61. The topological polar surface area (TPSA) is 81.0 Å². The maximum atomic E-state index is 11.7. The van der Waals surface area contributed by atoms with Crippen LogP contribution in [0.5, 0.6) is 0 Å². The van der Waals surface area contributed by atoms with Crippen LogP contribution in [0.3, 0.4) is 0 Å². The fourth-order valence-corrected chi connectivity index (χ4v) is 3.05. The van der Waals surface area contributed by atoms with Gasteiger partial charge in [0.1, 0.15) is 0 Å². The molecule has 6 heteroatoms. The largest absolute Gasteiger partial charge is 0.369 e. The van der Waals surface area contributed by atoms with Gasteiger partial charge in [0.25, 0.3) is 5.56 Å². The Morgan fingerprint density at radius 3 is 3.06 bits per heavy atom. The Labute approximate surface area is 107 Å².